The Kier molecular flexibility index (Phi) is 4.01. The Balaban J connectivity index is 2.30. The fourth-order valence-corrected chi connectivity index (χ4v) is 2.59. The fraction of sp³-hybridized carbons (Fsp3) is 0.500. The standard InChI is InChI=1S/C14H17F2N3/c1-9-2-3-19(8-11(9)7-18)14-12(15)4-10(6-17)5-13(14)16/h4-5,9,11H,2-3,7-8,18H2,1H3. The summed E-state index contributed by atoms with van der Waals surface area (Å²) in [7, 11) is 0. The highest BCUT2D eigenvalue weighted by atomic mass is 19.1. The fourth-order valence-electron chi connectivity index (χ4n) is 2.59. The van der Waals surface area contributed by atoms with Crippen LogP contribution in [0.5, 0.6) is 0 Å². The predicted molar refractivity (Wildman–Crippen MR) is 69.6 cm³/mol. The van der Waals surface area contributed by atoms with Crippen LogP contribution in [0.4, 0.5) is 14.5 Å². The van der Waals surface area contributed by atoms with E-state index in [1.54, 1.807) is 11.0 Å². The quantitative estimate of drug-likeness (QED) is 0.892. The molecule has 0 bridgehead atoms. The van der Waals surface area contributed by atoms with Crippen LogP contribution in [0.3, 0.4) is 0 Å². The van der Waals surface area contributed by atoms with Crippen LogP contribution in [0.15, 0.2) is 12.1 Å². The molecule has 1 aliphatic heterocycles. The second-order valence-electron chi connectivity index (χ2n) is 5.11. The van der Waals surface area contributed by atoms with Crippen LogP contribution in [-0.2, 0) is 0 Å². The van der Waals surface area contributed by atoms with Crippen LogP contribution in [0, 0.1) is 34.8 Å². The number of nitrogens with two attached hydrogens (primary N) is 1. The van der Waals surface area contributed by atoms with E-state index < -0.39 is 11.6 Å². The zero-order valence-electron chi connectivity index (χ0n) is 10.9. The van der Waals surface area contributed by atoms with E-state index in [0.29, 0.717) is 25.6 Å². The molecular weight excluding hydrogens is 248 g/mol. The average Bonchev–Trinajstić information content (AvgIpc) is 2.39. The van der Waals surface area contributed by atoms with Gasteiger partial charge in [0.15, 0.2) is 11.6 Å². The van der Waals surface area contributed by atoms with Crippen LogP contribution in [0.25, 0.3) is 0 Å². The van der Waals surface area contributed by atoms with Gasteiger partial charge in [0.1, 0.15) is 5.69 Å². The molecule has 1 heterocycles. The van der Waals surface area contributed by atoms with Crippen molar-refractivity contribution in [3.8, 4) is 6.07 Å². The molecular formula is C14H17F2N3. The summed E-state index contributed by atoms with van der Waals surface area (Å²) < 4.78 is 27.9. The van der Waals surface area contributed by atoms with Crippen LogP contribution >= 0.6 is 0 Å². The zero-order chi connectivity index (χ0) is 14.0. The molecule has 2 rings (SSSR count). The molecule has 2 atom stereocenters. The number of hydrogen-bond acceptors (Lipinski definition) is 3. The van der Waals surface area contributed by atoms with E-state index in [2.05, 4.69) is 6.92 Å². The van der Waals surface area contributed by atoms with E-state index >= 15 is 0 Å². The third-order valence-electron chi connectivity index (χ3n) is 3.88. The first-order valence-corrected chi connectivity index (χ1v) is 6.41. The van der Waals surface area contributed by atoms with Crippen molar-refractivity contribution in [3.63, 3.8) is 0 Å². The first-order chi connectivity index (χ1) is 9.06. The molecule has 3 nitrogen and oxygen atoms in total. The molecule has 0 amide bonds. The van der Waals surface area contributed by atoms with Crippen molar-refractivity contribution in [1.82, 2.24) is 0 Å². The van der Waals surface area contributed by atoms with E-state index in [1.807, 2.05) is 0 Å². The van der Waals surface area contributed by atoms with Gasteiger partial charge in [-0.2, -0.15) is 5.26 Å². The summed E-state index contributed by atoms with van der Waals surface area (Å²) in [6, 6.07) is 3.90. The van der Waals surface area contributed by atoms with Crippen LogP contribution in [0.1, 0.15) is 18.9 Å². The number of nitriles is 1. The molecule has 102 valence electrons. The Morgan fingerprint density at radius 3 is 2.58 bits per heavy atom. The summed E-state index contributed by atoms with van der Waals surface area (Å²) in [6.07, 6.45) is 0.862. The molecule has 0 aliphatic carbocycles. The number of anilines is 1. The molecule has 19 heavy (non-hydrogen) atoms. The Morgan fingerprint density at radius 1 is 1.42 bits per heavy atom. The van der Waals surface area contributed by atoms with Gasteiger partial charge in [-0.25, -0.2) is 8.78 Å². The van der Waals surface area contributed by atoms with Gasteiger partial charge < -0.3 is 10.6 Å². The number of hydrogen-bond donors (Lipinski definition) is 1. The summed E-state index contributed by atoms with van der Waals surface area (Å²) in [4.78, 5) is 1.70. The smallest absolute Gasteiger partial charge is 0.150 e. The molecule has 1 saturated heterocycles. The van der Waals surface area contributed by atoms with Crippen molar-refractivity contribution >= 4 is 5.69 Å². The molecule has 0 radical (unpaired) electrons. The van der Waals surface area contributed by atoms with Crippen molar-refractivity contribution in [2.24, 2.45) is 17.6 Å². The van der Waals surface area contributed by atoms with E-state index in [4.69, 9.17) is 11.0 Å². The third kappa shape index (κ3) is 2.69. The van der Waals surface area contributed by atoms with Crippen LogP contribution < -0.4 is 10.6 Å². The lowest BCUT2D eigenvalue weighted by Crippen LogP contribution is -2.43. The van der Waals surface area contributed by atoms with Crippen LogP contribution in [0.2, 0.25) is 0 Å². The van der Waals surface area contributed by atoms with E-state index in [0.717, 1.165) is 18.6 Å². The highest BCUT2D eigenvalue weighted by Crippen LogP contribution is 2.31. The van der Waals surface area contributed by atoms with Gasteiger partial charge in [0, 0.05) is 13.1 Å². The van der Waals surface area contributed by atoms with Crippen molar-refractivity contribution < 1.29 is 8.78 Å². The minimum absolute atomic E-state index is 0.000461. The molecule has 0 aromatic heterocycles. The maximum absolute atomic E-state index is 13.9. The molecule has 2 unspecified atom stereocenters. The largest absolute Gasteiger partial charge is 0.366 e. The van der Waals surface area contributed by atoms with Gasteiger partial charge in [0.25, 0.3) is 0 Å². The predicted octanol–water partition coefficient (Wildman–Crippen LogP) is 2.26. The van der Waals surface area contributed by atoms with Gasteiger partial charge in [-0.05, 0) is 36.9 Å². The minimum atomic E-state index is -0.679. The third-order valence-corrected chi connectivity index (χ3v) is 3.88. The van der Waals surface area contributed by atoms with Crippen molar-refractivity contribution in [2.75, 3.05) is 24.5 Å². The summed E-state index contributed by atoms with van der Waals surface area (Å²) >= 11 is 0. The molecule has 1 aromatic rings. The highest BCUT2D eigenvalue weighted by molar-refractivity contribution is 5.53. The number of piperidine rings is 1. The number of rotatable bonds is 2. The number of benzene rings is 1. The Labute approximate surface area is 111 Å². The first kappa shape index (κ1) is 13.8. The normalized spacial score (nSPS) is 23.2. The zero-order valence-corrected chi connectivity index (χ0v) is 10.9. The number of halogens is 2. The van der Waals surface area contributed by atoms with Gasteiger partial charge in [-0.1, -0.05) is 6.92 Å². The summed E-state index contributed by atoms with van der Waals surface area (Å²) in [5, 5.41) is 8.69. The van der Waals surface area contributed by atoms with Gasteiger partial charge in [-0.15, -0.1) is 0 Å². The lowest BCUT2D eigenvalue weighted by molar-refractivity contribution is 0.305. The molecule has 2 N–H and O–H groups in total. The van der Waals surface area contributed by atoms with Gasteiger partial charge in [-0.3, -0.25) is 0 Å². The second kappa shape index (κ2) is 5.54. The monoisotopic (exact) mass is 265 g/mol. The molecule has 0 saturated carbocycles. The SMILES string of the molecule is CC1CCN(c2c(F)cc(C#N)cc2F)CC1CN. The van der Waals surface area contributed by atoms with Gasteiger partial charge >= 0.3 is 0 Å². The number of nitrogens with zero attached hydrogens (tertiary/aromatic N) is 2. The van der Waals surface area contributed by atoms with Crippen molar-refractivity contribution in [1.29, 1.82) is 5.26 Å². The highest BCUT2D eigenvalue weighted by Gasteiger charge is 2.28. The van der Waals surface area contributed by atoms with Crippen LogP contribution in [-0.4, -0.2) is 19.6 Å². The lowest BCUT2D eigenvalue weighted by Gasteiger charge is -2.38. The van der Waals surface area contributed by atoms with Gasteiger partial charge in [0.05, 0.1) is 11.6 Å². The maximum Gasteiger partial charge on any atom is 0.150 e. The minimum Gasteiger partial charge on any atom is -0.366 e. The molecule has 5 heteroatoms. The Bertz CT molecular complexity index is 487. The van der Waals surface area contributed by atoms with Gasteiger partial charge in [0.2, 0.25) is 0 Å². The topological polar surface area (TPSA) is 53.0 Å². The molecule has 0 spiro atoms. The summed E-state index contributed by atoms with van der Waals surface area (Å²) in [5.41, 5.74) is 5.66. The second-order valence-corrected chi connectivity index (χ2v) is 5.11. The van der Waals surface area contributed by atoms with E-state index in [-0.39, 0.29) is 17.2 Å². The molecule has 1 aliphatic rings. The summed E-state index contributed by atoms with van der Waals surface area (Å²) in [6.45, 7) is 3.78. The van der Waals surface area contributed by atoms with E-state index in [9.17, 15) is 8.78 Å². The molecule has 1 fully saturated rings. The Morgan fingerprint density at radius 2 is 2.05 bits per heavy atom. The maximum atomic E-state index is 13.9. The average molecular weight is 265 g/mol. The first-order valence-electron chi connectivity index (χ1n) is 6.41. The summed E-state index contributed by atoms with van der Waals surface area (Å²) in [5.74, 6) is -0.655. The van der Waals surface area contributed by atoms with Crippen molar-refractivity contribution in [3.05, 3.63) is 29.3 Å². The van der Waals surface area contributed by atoms with Crippen molar-refractivity contribution in [2.45, 2.75) is 13.3 Å². The lowest BCUT2D eigenvalue weighted by atomic mass is 9.87. The molecule has 1 aromatic carbocycles. The Hall–Kier alpha value is -1.67. The van der Waals surface area contributed by atoms with E-state index in [1.165, 1.54) is 0 Å².